The third kappa shape index (κ3) is 6.91. The standard InChI is InChI=1S/C21H24FN5OS.HI/c1-14-15(2)29-19(27-14)9-11-25-21(23-3)26-13-16-6-5-10-24-20(16)28-18-8-4-7-17(22)12-18;/h4-8,10,12H,9,11,13H2,1-3H3,(H2,23,25,26);1H. The molecule has 30 heavy (non-hydrogen) atoms. The Morgan fingerprint density at radius 1 is 1.20 bits per heavy atom. The second-order valence-corrected chi connectivity index (χ2v) is 7.67. The van der Waals surface area contributed by atoms with Crippen LogP contribution in [-0.2, 0) is 13.0 Å². The van der Waals surface area contributed by atoms with Gasteiger partial charge in [-0.25, -0.2) is 14.4 Å². The quantitative estimate of drug-likeness (QED) is 0.260. The van der Waals surface area contributed by atoms with Crippen molar-refractivity contribution in [1.29, 1.82) is 0 Å². The number of pyridine rings is 1. The van der Waals surface area contributed by atoms with E-state index < -0.39 is 0 Å². The van der Waals surface area contributed by atoms with E-state index in [4.69, 9.17) is 4.74 Å². The van der Waals surface area contributed by atoms with Crippen molar-refractivity contribution in [2.45, 2.75) is 26.8 Å². The minimum absolute atomic E-state index is 0. The maximum atomic E-state index is 13.4. The molecule has 2 N–H and O–H groups in total. The smallest absolute Gasteiger partial charge is 0.224 e. The van der Waals surface area contributed by atoms with Gasteiger partial charge in [-0.2, -0.15) is 0 Å². The number of nitrogens with one attached hydrogen (secondary N) is 2. The number of aliphatic imine (C=N–C) groups is 1. The first kappa shape index (κ1) is 24.0. The van der Waals surface area contributed by atoms with Gasteiger partial charge in [0.05, 0.1) is 10.7 Å². The SMILES string of the molecule is CN=C(NCCc1nc(C)c(C)s1)NCc1cccnc1Oc1cccc(F)c1.I. The fourth-order valence-electron chi connectivity index (χ4n) is 2.63. The molecule has 1 aromatic carbocycles. The van der Waals surface area contributed by atoms with Gasteiger partial charge in [0.15, 0.2) is 5.96 Å². The third-order valence-corrected chi connectivity index (χ3v) is 5.37. The average Bonchev–Trinajstić information content (AvgIpc) is 3.03. The summed E-state index contributed by atoms with van der Waals surface area (Å²) in [4.78, 5) is 14.3. The highest BCUT2D eigenvalue weighted by Gasteiger charge is 2.09. The molecular weight excluding hydrogens is 516 g/mol. The monoisotopic (exact) mass is 541 g/mol. The maximum Gasteiger partial charge on any atom is 0.224 e. The summed E-state index contributed by atoms with van der Waals surface area (Å²) in [7, 11) is 1.72. The van der Waals surface area contributed by atoms with Gasteiger partial charge in [-0.3, -0.25) is 4.99 Å². The summed E-state index contributed by atoms with van der Waals surface area (Å²) >= 11 is 1.72. The highest BCUT2D eigenvalue weighted by atomic mass is 127. The van der Waals surface area contributed by atoms with Crippen LogP contribution in [0, 0.1) is 19.7 Å². The second kappa shape index (κ2) is 11.8. The number of aryl methyl sites for hydroxylation is 2. The van der Waals surface area contributed by atoms with Crippen LogP contribution < -0.4 is 15.4 Å². The summed E-state index contributed by atoms with van der Waals surface area (Å²) < 4.78 is 19.1. The van der Waals surface area contributed by atoms with Crippen LogP contribution in [-0.4, -0.2) is 29.5 Å². The van der Waals surface area contributed by atoms with Crippen LogP contribution in [0.1, 0.15) is 21.1 Å². The number of benzene rings is 1. The molecule has 0 aliphatic heterocycles. The Kier molecular flexibility index (Phi) is 9.44. The van der Waals surface area contributed by atoms with Crippen LogP contribution in [0.15, 0.2) is 47.6 Å². The highest BCUT2D eigenvalue weighted by molar-refractivity contribution is 14.0. The minimum atomic E-state index is -0.353. The van der Waals surface area contributed by atoms with Gasteiger partial charge in [0.1, 0.15) is 11.6 Å². The van der Waals surface area contributed by atoms with E-state index in [1.807, 2.05) is 19.1 Å². The molecule has 6 nitrogen and oxygen atoms in total. The molecule has 0 atom stereocenters. The number of halogens is 2. The van der Waals surface area contributed by atoms with Gasteiger partial charge in [0.2, 0.25) is 5.88 Å². The molecular formula is C21H25FIN5OS. The van der Waals surface area contributed by atoms with Gasteiger partial charge in [-0.1, -0.05) is 12.1 Å². The zero-order valence-electron chi connectivity index (χ0n) is 17.1. The summed E-state index contributed by atoms with van der Waals surface area (Å²) in [6.45, 7) is 5.31. The number of rotatable bonds is 7. The molecule has 0 bridgehead atoms. The molecule has 3 rings (SSSR count). The van der Waals surface area contributed by atoms with E-state index in [0.717, 1.165) is 29.2 Å². The zero-order chi connectivity index (χ0) is 20.6. The fourth-order valence-corrected chi connectivity index (χ4v) is 3.56. The normalized spacial score (nSPS) is 11.0. The van der Waals surface area contributed by atoms with Gasteiger partial charge >= 0.3 is 0 Å². The molecule has 0 spiro atoms. The van der Waals surface area contributed by atoms with Crippen LogP contribution in [0.2, 0.25) is 0 Å². The van der Waals surface area contributed by atoms with Crippen LogP contribution in [0.4, 0.5) is 4.39 Å². The first-order chi connectivity index (χ1) is 14.0. The van der Waals surface area contributed by atoms with Gasteiger partial charge in [-0.05, 0) is 32.0 Å². The van der Waals surface area contributed by atoms with E-state index in [1.54, 1.807) is 36.7 Å². The third-order valence-electron chi connectivity index (χ3n) is 4.23. The van der Waals surface area contributed by atoms with E-state index in [-0.39, 0.29) is 29.8 Å². The predicted octanol–water partition coefficient (Wildman–Crippen LogP) is 4.61. The lowest BCUT2D eigenvalue weighted by atomic mass is 10.2. The van der Waals surface area contributed by atoms with Crippen molar-refractivity contribution in [2.24, 2.45) is 4.99 Å². The molecule has 160 valence electrons. The van der Waals surface area contributed by atoms with Crippen molar-refractivity contribution in [2.75, 3.05) is 13.6 Å². The van der Waals surface area contributed by atoms with Gasteiger partial charge < -0.3 is 15.4 Å². The second-order valence-electron chi connectivity index (χ2n) is 6.38. The van der Waals surface area contributed by atoms with Gasteiger partial charge in [0.25, 0.3) is 0 Å². The van der Waals surface area contributed by atoms with E-state index in [0.29, 0.717) is 24.1 Å². The molecule has 0 aliphatic rings. The van der Waals surface area contributed by atoms with Crippen LogP contribution in [0.25, 0.3) is 0 Å². The van der Waals surface area contributed by atoms with E-state index in [9.17, 15) is 4.39 Å². The maximum absolute atomic E-state index is 13.4. The number of aromatic nitrogens is 2. The number of guanidine groups is 1. The average molecular weight is 541 g/mol. The Bertz CT molecular complexity index is 976. The number of ether oxygens (including phenoxy) is 1. The number of hydrogen-bond donors (Lipinski definition) is 2. The van der Waals surface area contributed by atoms with Crippen LogP contribution in [0.5, 0.6) is 11.6 Å². The number of nitrogens with zero attached hydrogens (tertiary/aromatic N) is 3. The summed E-state index contributed by atoms with van der Waals surface area (Å²) in [5.41, 5.74) is 1.93. The Morgan fingerprint density at radius 3 is 2.73 bits per heavy atom. The highest BCUT2D eigenvalue weighted by Crippen LogP contribution is 2.23. The molecule has 9 heteroatoms. The van der Waals surface area contributed by atoms with Crippen LogP contribution >= 0.6 is 35.3 Å². The topological polar surface area (TPSA) is 71.4 Å². The molecule has 3 aromatic rings. The van der Waals surface area contributed by atoms with Crippen molar-refractivity contribution in [1.82, 2.24) is 20.6 Å². The number of hydrogen-bond acceptors (Lipinski definition) is 5. The molecule has 0 saturated heterocycles. The summed E-state index contributed by atoms with van der Waals surface area (Å²) in [5.74, 6) is 1.15. The summed E-state index contributed by atoms with van der Waals surface area (Å²) in [6.07, 6.45) is 2.48. The van der Waals surface area contributed by atoms with E-state index in [1.165, 1.54) is 17.0 Å². The largest absolute Gasteiger partial charge is 0.439 e. The summed E-state index contributed by atoms with van der Waals surface area (Å²) in [5, 5.41) is 7.65. The Morgan fingerprint density at radius 2 is 2.03 bits per heavy atom. The van der Waals surface area contributed by atoms with Crippen molar-refractivity contribution in [3.05, 3.63) is 69.6 Å². The first-order valence-electron chi connectivity index (χ1n) is 9.30. The predicted molar refractivity (Wildman–Crippen MR) is 130 cm³/mol. The first-order valence-corrected chi connectivity index (χ1v) is 10.1. The van der Waals surface area contributed by atoms with Gasteiger partial charge in [0, 0.05) is 49.3 Å². The molecule has 2 heterocycles. The van der Waals surface area contributed by atoms with Crippen molar-refractivity contribution < 1.29 is 9.13 Å². The molecule has 0 aliphatic carbocycles. The van der Waals surface area contributed by atoms with Crippen molar-refractivity contribution in [3.8, 4) is 11.6 Å². The molecule has 0 radical (unpaired) electrons. The molecule has 0 amide bonds. The fraction of sp³-hybridized carbons (Fsp3) is 0.286. The summed E-state index contributed by atoms with van der Waals surface area (Å²) in [6, 6.07) is 9.73. The van der Waals surface area contributed by atoms with E-state index in [2.05, 4.69) is 32.5 Å². The lowest BCUT2D eigenvalue weighted by molar-refractivity contribution is 0.450. The van der Waals surface area contributed by atoms with Gasteiger partial charge in [-0.15, -0.1) is 35.3 Å². The van der Waals surface area contributed by atoms with Crippen molar-refractivity contribution >= 4 is 41.3 Å². The van der Waals surface area contributed by atoms with E-state index >= 15 is 0 Å². The molecule has 0 fully saturated rings. The van der Waals surface area contributed by atoms with Crippen molar-refractivity contribution in [3.63, 3.8) is 0 Å². The molecule has 0 saturated carbocycles. The minimum Gasteiger partial charge on any atom is -0.439 e. The number of thiazole rings is 1. The van der Waals surface area contributed by atoms with Crippen LogP contribution in [0.3, 0.4) is 0 Å². The molecule has 2 aromatic heterocycles. The Hall–Kier alpha value is -2.27. The lowest BCUT2D eigenvalue weighted by Crippen LogP contribution is -2.37. The Balaban J connectivity index is 0.00000320. The Labute approximate surface area is 197 Å². The molecule has 0 unspecified atom stereocenters. The lowest BCUT2D eigenvalue weighted by Gasteiger charge is -2.13. The zero-order valence-corrected chi connectivity index (χ0v) is 20.3.